The molecule has 9 atom stereocenters. The zero-order valence-corrected chi connectivity index (χ0v) is 21.1. The first-order chi connectivity index (χ1) is 16.9. The molecule has 36 heavy (non-hydrogen) atoms. The second-order valence-corrected chi connectivity index (χ2v) is 8.80. The fraction of sp³-hybridized carbons (Fsp3) is 0.818. The highest BCUT2D eigenvalue weighted by Crippen LogP contribution is 2.33. The smallest absolute Gasteiger partial charge is 0.303 e. The van der Waals surface area contributed by atoms with E-state index in [-0.39, 0.29) is 25.7 Å². The Bertz CT molecular complexity index is 862. The van der Waals surface area contributed by atoms with Gasteiger partial charge in [0.2, 0.25) is 0 Å². The van der Waals surface area contributed by atoms with Crippen molar-refractivity contribution in [2.24, 2.45) is 17.0 Å². The van der Waals surface area contributed by atoms with Crippen LogP contribution in [0.5, 0.6) is 0 Å². The molecule has 2 aliphatic heterocycles. The minimum absolute atomic E-state index is 0.130. The average molecular weight is 516 g/mol. The van der Waals surface area contributed by atoms with Crippen molar-refractivity contribution in [3.63, 3.8) is 0 Å². The van der Waals surface area contributed by atoms with E-state index in [1.165, 1.54) is 27.7 Å². The predicted molar refractivity (Wildman–Crippen MR) is 119 cm³/mol. The standard InChI is InChI=1S/C22H33N3O11/c1-10-7-31-16(18(24-25-23)19(10)33-13(4)27)8-32-22-11(2)20(34-14(5)28)21(35-15(6)29)17(36-22)9-30-12(3)26/h10-11,16-22H,7-9H2,1-6H3/t10?,11?,16?,17?,18-,19+,20+,21+,22+/m0/s1. The number of esters is 4. The molecular formula is C22H33N3O11. The van der Waals surface area contributed by atoms with Gasteiger partial charge in [-0.05, 0) is 5.53 Å². The van der Waals surface area contributed by atoms with Crippen molar-refractivity contribution < 1.29 is 52.3 Å². The molecule has 2 aliphatic rings. The summed E-state index contributed by atoms with van der Waals surface area (Å²) >= 11 is 0. The second kappa shape index (κ2) is 13.4. The first kappa shape index (κ1) is 29.3. The SMILES string of the molecule is CC(=O)OCC1O[C@@H](OCC2OCC(C)[C@@H](OC(C)=O)[C@H]2N=[N+]=[N-])C(C)[C@@H](OC(C)=O)[C@@H]1OC(C)=O. The van der Waals surface area contributed by atoms with E-state index in [4.69, 9.17) is 38.7 Å². The molecule has 0 aromatic carbocycles. The number of nitrogens with zero attached hydrogens (tertiary/aromatic N) is 3. The highest BCUT2D eigenvalue weighted by molar-refractivity contribution is 5.68. The summed E-state index contributed by atoms with van der Waals surface area (Å²) in [6.07, 6.45) is -5.54. The molecule has 2 rings (SSSR count). The van der Waals surface area contributed by atoms with Crippen LogP contribution in [-0.2, 0) is 52.3 Å². The minimum atomic E-state index is -1.06. The lowest BCUT2D eigenvalue weighted by Gasteiger charge is -2.44. The quantitative estimate of drug-likeness (QED) is 0.142. The van der Waals surface area contributed by atoms with E-state index in [9.17, 15) is 19.2 Å². The lowest BCUT2D eigenvalue weighted by molar-refractivity contribution is -0.295. The largest absolute Gasteiger partial charge is 0.463 e. The molecule has 0 spiro atoms. The van der Waals surface area contributed by atoms with Crippen molar-refractivity contribution >= 4 is 23.9 Å². The molecule has 14 nitrogen and oxygen atoms in total. The van der Waals surface area contributed by atoms with Gasteiger partial charge in [-0.1, -0.05) is 19.0 Å². The Morgan fingerprint density at radius 1 is 0.861 bits per heavy atom. The maximum Gasteiger partial charge on any atom is 0.303 e. The molecule has 0 radical (unpaired) electrons. The average Bonchev–Trinajstić information content (AvgIpc) is 2.77. The molecule has 14 heteroatoms. The summed E-state index contributed by atoms with van der Waals surface area (Å²) in [5.74, 6) is -3.22. The number of hydrogen-bond acceptors (Lipinski definition) is 12. The van der Waals surface area contributed by atoms with Crippen LogP contribution in [0.25, 0.3) is 10.4 Å². The third-order valence-corrected chi connectivity index (χ3v) is 5.76. The summed E-state index contributed by atoms with van der Waals surface area (Å²) in [6.45, 7) is 8.15. The van der Waals surface area contributed by atoms with Crippen molar-refractivity contribution in [2.75, 3.05) is 19.8 Å². The maximum absolute atomic E-state index is 11.8. The highest BCUT2D eigenvalue weighted by Gasteiger charge is 2.49. The van der Waals surface area contributed by atoms with Gasteiger partial charge >= 0.3 is 23.9 Å². The molecule has 4 unspecified atom stereocenters. The van der Waals surface area contributed by atoms with Crippen molar-refractivity contribution in [3.8, 4) is 0 Å². The van der Waals surface area contributed by atoms with Crippen LogP contribution in [0.4, 0.5) is 0 Å². The van der Waals surface area contributed by atoms with Crippen LogP contribution < -0.4 is 0 Å². The van der Waals surface area contributed by atoms with Gasteiger partial charge in [0.25, 0.3) is 0 Å². The Morgan fingerprint density at radius 2 is 1.44 bits per heavy atom. The summed E-state index contributed by atoms with van der Waals surface area (Å²) in [5.41, 5.74) is 9.06. The normalized spacial score (nSPS) is 34.0. The molecule has 0 N–H and O–H groups in total. The van der Waals surface area contributed by atoms with Crippen LogP contribution in [0, 0.1) is 11.8 Å². The van der Waals surface area contributed by atoms with Crippen LogP contribution in [-0.4, -0.2) is 86.5 Å². The highest BCUT2D eigenvalue weighted by atomic mass is 16.7. The van der Waals surface area contributed by atoms with Crippen LogP contribution in [0.15, 0.2) is 5.11 Å². The van der Waals surface area contributed by atoms with Gasteiger partial charge in [0.05, 0.1) is 19.3 Å². The summed E-state index contributed by atoms with van der Waals surface area (Å²) in [6, 6.07) is -0.864. The number of carbonyl (C=O) groups is 4. The van der Waals surface area contributed by atoms with E-state index in [1.807, 2.05) is 0 Å². The number of azide groups is 1. The van der Waals surface area contributed by atoms with Crippen molar-refractivity contribution in [1.29, 1.82) is 0 Å². The van der Waals surface area contributed by atoms with Gasteiger partial charge in [-0.2, -0.15) is 0 Å². The molecule has 0 saturated carbocycles. The fourth-order valence-corrected chi connectivity index (χ4v) is 4.20. The molecule has 2 saturated heterocycles. The molecule has 0 bridgehead atoms. The number of rotatable bonds is 9. The van der Waals surface area contributed by atoms with Gasteiger partial charge < -0.3 is 33.2 Å². The third kappa shape index (κ3) is 8.05. The first-order valence-electron chi connectivity index (χ1n) is 11.5. The molecule has 2 heterocycles. The monoisotopic (exact) mass is 515 g/mol. The summed E-state index contributed by atoms with van der Waals surface area (Å²) in [4.78, 5) is 49.4. The van der Waals surface area contributed by atoms with E-state index >= 15 is 0 Å². The molecule has 2 fully saturated rings. The Morgan fingerprint density at radius 3 is 2.00 bits per heavy atom. The van der Waals surface area contributed by atoms with Gasteiger partial charge in [0.1, 0.15) is 31.0 Å². The Labute approximate surface area is 208 Å². The maximum atomic E-state index is 11.8. The number of ether oxygens (including phenoxy) is 7. The van der Waals surface area contributed by atoms with Crippen LogP contribution in [0.3, 0.4) is 0 Å². The van der Waals surface area contributed by atoms with Crippen molar-refractivity contribution in [3.05, 3.63) is 10.4 Å². The van der Waals surface area contributed by atoms with E-state index in [2.05, 4.69) is 10.0 Å². The first-order valence-corrected chi connectivity index (χ1v) is 11.5. The second-order valence-electron chi connectivity index (χ2n) is 8.80. The van der Waals surface area contributed by atoms with Crippen molar-refractivity contribution in [1.82, 2.24) is 0 Å². The third-order valence-electron chi connectivity index (χ3n) is 5.76. The minimum Gasteiger partial charge on any atom is -0.463 e. The molecule has 202 valence electrons. The van der Waals surface area contributed by atoms with Gasteiger partial charge in [-0.15, -0.1) is 0 Å². The Kier molecular flexibility index (Phi) is 10.9. The van der Waals surface area contributed by atoms with E-state index < -0.39 is 72.6 Å². The zero-order chi connectivity index (χ0) is 27.0. The van der Waals surface area contributed by atoms with Gasteiger partial charge in [-0.3, -0.25) is 19.2 Å². The van der Waals surface area contributed by atoms with Gasteiger partial charge in [-0.25, -0.2) is 0 Å². The lowest BCUT2D eigenvalue weighted by Crippen LogP contribution is -2.59. The number of hydrogen-bond donors (Lipinski definition) is 0. The van der Waals surface area contributed by atoms with Crippen molar-refractivity contribution in [2.45, 2.75) is 84.4 Å². The fourth-order valence-electron chi connectivity index (χ4n) is 4.20. The van der Waals surface area contributed by atoms with Gasteiger partial charge in [0, 0.05) is 44.4 Å². The Balaban J connectivity index is 2.24. The summed E-state index contributed by atoms with van der Waals surface area (Å²) < 4.78 is 38.9. The van der Waals surface area contributed by atoms with Crippen LogP contribution >= 0.6 is 0 Å². The summed E-state index contributed by atoms with van der Waals surface area (Å²) in [5, 5.41) is 3.77. The molecule has 0 aromatic heterocycles. The van der Waals surface area contributed by atoms with Gasteiger partial charge in [0.15, 0.2) is 12.4 Å². The van der Waals surface area contributed by atoms with E-state index in [0.29, 0.717) is 0 Å². The number of carbonyl (C=O) groups excluding carboxylic acids is 4. The summed E-state index contributed by atoms with van der Waals surface area (Å²) in [7, 11) is 0. The van der Waals surface area contributed by atoms with Crippen LogP contribution in [0.2, 0.25) is 0 Å². The predicted octanol–water partition coefficient (Wildman–Crippen LogP) is 1.44. The molecule has 0 aliphatic carbocycles. The van der Waals surface area contributed by atoms with Crippen LogP contribution in [0.1, 0.15) is 41.5 Å². The van der Waals surface area contributed by atoms with E-state index in [0.717, 1.165) is 0 Å². The topological polar surface area (TPSA) is 182 Å². The zero-order valence-electron chi connectivity index (χ0n) is 21.1. The molecular weight excluding hydrogens is 482 g/mol. The molecule has 0 amide bonds. The molecule has 0 aromatic rings. The lowest BCUT2D eigenvalue weighted by atomic mass is 9.91. The van der Waals surface area contributed by atoms with E-state index in [1.54, 1.807) is 13.8 Å². The Hall–Kier alpha value is -2.93.